The number of nitrogens with zero attached hydrogens (tertiary/aromatic N) is 6. The first-order chi connectivity index (χ1) is 18.7. The number of ether oxygens (including phenoxy) is 1. The van der Waals surface area contributed by atoms with Gasteiger partial charge in [-0.25, -0.2) is 9.48 Å². The van der Waals surface area contributed by atoms with Gasteiger partial charge in [0, 0.05) is 30.9 Å². The Balaban J connectivity index is 1.55. The molecule has 0 aliphatic carbocycles. The third-order valence-electron chi connectivity index (χ3n) is 6.47. The topological polar surface area (TPSA) is 155 Å². The van der Waals surface area contributed by atoms with Crippen LogP contribution in [-0.2, 0) is 11.3 Å². The van der Waals surface area contributed by atoms with E-state index in [9.17, 15) is 19.5 Å². The molecule has 2 heterocycles. The van der Waals surface area contributed by atoms with Crippen LogP contribution in [0.5, 0.6) is 5.75 Å². The quantitative estimate of drug-likeness (QED) is 0.393. The van der Waals surface area contributed by atoms with E-state index in [1.807, 2.05) is 25.1 Å². The number of urea groups is 1. The lowest BCUT2D eigenvalue weighted by atomic mass is 9.99. The van der Waals surface area contributed by atoms with Gasteiger partial charge >= 0.3 is 6.03 Å². The molecule has 4 rings (SSSR count). The van der Waals surface area contributed by atoms with Crippen LogP contribution in [0.15, 0.2) is 54.9 Å². The molecular weight excluding hydrogens is 504 g/mol. The van der Waals surface area contributed by atoms with E-state index in [2.05, 4.69) is 26.2 Å². The Bertz CT molecular complexity index is 1290. The number of carbonyl (C=O) groups is 3. The molecule has 13 heteroatoms. The average molecular weight is 537 g/mol. The van der Waals surface area contributed by atoms with Crippen LogP contribution in [0.1, 0.15) is 24.2 Å². The molecule has 206 valence electrons. The minimum atomic E-state index is -0.461. The number of fused-ring (bicyclic) bond motifs is 1. The highest BCUT2D eigenvalue weighted by Crippen LogP contribution is 2.30. The van der Waals surface area contributed by atoms with Crippen molar-refractivity contribution < 1.29 is 24.2 Å². The van der Waals surface area contributed by atoms with Gasteiger partial charge in [-0.2, -0.15) is 0 Å². The first-order valence-corrected chi connectivity index (χ1v) is 12.6. The summed E-state index contributed by atoms with van der Waals surface area (Å²) < 4.78 is 7.60. The molecule has 3 atom stereocenters. The number of tetrazole rings is 1. The van der Waals surface area contributed by atoms with Crippen LogP contribution < -0.4 is 15.4 Å². The summed E-state index contributed by atoms with van der Waals surface area (Å²) in [5.41, 5.74) is 1.31. The molecule has 0 bridgehead atoms. The first-order valence-electron chi connectivity index (χ1n) is 12.6. The fourth-order valence-electron chi connectivity index (χ4n) is 4.21. The fourth-order valence-corrected chi connectivity index (χ4v) is 4.21. The van der Waals surface area contributed by atoms with Gasteiger partial charge in [0.2, 0.25) is 5.91 Å². The molecule has 1 aromatic heterocycles. The SMILES string of the molecule is C[C@H]1CN([C@@H](C)CO)C(=O)c2cc(NC(=O)Cn3cnnn3)ccc2O[C@H]1CN(C)C(=O)Nc1ccccc1. The number of likely N-dealkylation sites (N-methyl/N-ethyl adjacent to an activating group) is 1. The maximum atomic E-state index is 13.6. The molecule has 3 aromatic rings. The summed E-state index contributed by atoms with van der Waals surface area (Å²) >= 11 is 0. The van der Waals surface area contributed by atoms with Crippen molar-refractivity contribution in [1.82, 2.24) is 30.0 Å². The van der Waals surface area contributed by atoms with E-state index >= 15 is 0 Å². The molecule has 0 radical (unpaired) electrons. The lowest BCUT2D eigenvalue weighted by Gasteiger charge is -2.38. The summed E-state index contributed by atoms with van der Waals surface area (Å²) in [5.74, 6) is -0.552. The van der Waals surface area contributed by atoms with Crippen LogP contribution in [0.2, 0.25) is 0 Å². The Morgan fingerprint density at radius 1 is 1.18 bits per heavy atom. The molecule has 1 aliphatic heterocycles. The Morgan fingerprint density at radius 2 is 1.95 bits per heavy atom. The fraction of sp³-hybridized carbons (Fsp3) is 0.385. The lowest BCUT2D eigenvalue weighted by molar-refractivity contribution is -0.116. The van der Waals surface area contributed by atoms with Gasteiger partial charge in [0.25, 0.3) is 5.91 Å². The number of rotatable bonds is 8. The number of aliphatic hydroxyl groups excluding tert-OH is 1. The van der Waals surface area contributed by atoms with Gasteiger partial charge in [0.05, 0.1) is 24.8 Å². The van der Waals surface area contributed by atoms with Crippen molar-refractivity contribution in [1.29, 1.82) is 0 Å². The minimum absolute atomic E-state index is 0.0980. The van der Waals surface area contributed by atoms with Crippen molar-refractivity contribution in [3.8, 4) is 5.75 Å². The summed E-state index contributed by atoms with van der Waals surface area (Å²) in [6.45, 7) is 3.93. The number of para-hydroxylation sites is 1. The van der Waals surface area contributed by atoms with Crippen molar-refractivity contribution in [3.63, 3.8) is 0 Å². The zero-order valence-electron chi connectivity index (χ0n) is 22.0. The van der Waals surface area contributed by atoms with Gasteiger partial charge in [-0.15, -0.1) is 5.10 Å². The van der Waals surface area contributed by atoms with E-state index in [0.29, 0.717) is 23.7 Å². The Kier molecular flexibility index (Phi) is 8.71. The number of hydrogen-bond acceptors (Lipinski definition) is 8. The molecular formula is C26H32N8O5. The van der Waals surface area contributed by atoms with Gasteiger partial charge < -0.3 is 30.3 Å². The molecule has 3 N–H and O–H groups in total. The highest BCUT2D eigenvalue weighted by Gasteiger charge is 2.34. The van der Waals surface area contributed by atoms with Crippen molar-refractivity contribution in [2.75, 3.05) is 37.4 Å². The lowest BCUT2D eigenvalue weighted by Crippen LogP contribution is -2.50. The number of hydrogen-bond donors (Lipinski definition) is 3. The predicted octanol–water partition coefficient (Wildman–Crippen LogP) is 1.70. The monoisotopic (exact) mass is 536 g/mol. The second-order valence-electron chi connectivity index (χ2n) is 9.57. The standard InChI is InChI=1S/C26H32N8O5/c1-17-12-34(18(2)15-35)25(37)21-11-20(28-24(36)14-33-16-27-30-31-33)9-10-22(21)39-23(17)13-32(3)26(38)29-19-7-5-4-6-8-19/h4-11,16-18,23,35H,12-15H2,1-3H3,(H,28,36)(H,29,38)/t17-,18-,23-/m0/s1. The number of carbonyl (C=O) groups excluding carboxylic acids is 3. The number of amides is 4. The van der Waals surface area contributed by atoms with Crippen molar-refractivity contribution >= 4 is 29.2 Å². The normalized spacial score (nSPS) is 17.7. The highest BCUT2D eigenvalue weighted by atomic mass is 16.5. The number of benzene rings is 2. The maximum Gasteiger partial charge on any atom is 0.321 e. The van der Waals surface area contributed by atoms with Gasteiger partial charge in [0.1, 0.15) is 24.7 Å². The van der Waals surface area contributed by atoms with E-state index in [-0.39, 0.29) is 49.0 Å². The van der Waals surface area contributed by atoms with Gasteiger partial charge in [-0.3, -0.25) is 9.59 Å². The van der Waals surface area contributed by atoms with Crippen LogP contribution in [0.25, 0.3) is 0 Å². The summed E-state index contributed by atoms with van der Waals surface area (Å²) in [6, 6.07) is 13.2. The van der Waals surface area contributed by atoms with Crippen molar-refractivity contribution in [2.45, 2.75) is 32.5 Å². The smallest absolute Gasteiger partial charge is 0.321 e. The van der Waals surface area contributed by atoms with Crippen molar-refractivity contribution in [2.24, 2.45) is 5.92 Å². The zero-order valence-corrected chi connectivity index (χ0v) is 22.0. The predicted molar refractivity (Wildman–Crippen MR) is 142 cm³/mol. The summed E-state index contributed by atoms with van der Waals surface area (Å²) in [4.78, 5) is 42.0. The Labute approximate surface area is 225 Å². The Hall–Kier alpha value is -4.52. The molecule has 0 unspecified atom stereocenters. The van der Waals surface area contributed by atoms with Crippen molar-refractivity contribution in [3.05, 3.63) is 60.4 Å². The number of aliphatic hydroxyl groups is 1. The Morgan fingerprint density at radius 3 is 2.64 bits per heavy atom. The molecule has 0 spiro atoms. The summed E-state index contributed by atoms with van der Waals surface area (Å²) in [5, 5.41) is 26.1. The van der Waals surface area contributed by atoms with E-state index in [1.54, 1.807) is 49.2 Å². The van der Waals surface area contributed by atoms with E-state index < -0.39 is 12.1 Å². The van der Waals surface area contributed by atoms with Crippen LogP contribution >= 0.6 is 0 Å². The molecule has 0 saturated carbocycles. The van der Waals surface area contributed by atoms with Crippen LogP contribution in [0.4, 0.5) is 16.2 Å². The first kappa shape index (κ1) is 27.5. The van der Waals surface area contributed by atoms with Gasteiger partial charge in [-0.05, 0) is 47.7 Å². The molecule has 4 amide bonds. The van der Waals surface area contributed by atoms with Crippen LogP contribution in [0, 0.1) is 5.92 Å². The second-order valence-corrected chi connectivity index (χ2v) is 9.57. The van der Waals surface area contributed by atoms with Gasteiger partial charge in [-0.1, -0.05) is 25.1 Å². The highest BCUT2D eigenvalue weighted by molar-refractivity contribution is 6.00. The second kappa shape index (κ2) is 12.3. The molecule has 1 aliphatic rings. The molecule has 0 fully saturated rings. The van der Waals surface area contributed by atoms with E-state index in [1.165, 1.54) is 15.9 Å². The molecule has 39 heavy (non-hydrogen) atoms. The zero-order chi connectivity index (χ0) is 27.9. The minimum Gasteiger partial charge on any atom is -0.487 e. The van der Waals surface area contributed by atoms with Crippen LogP contribution in [0.3, 0.4) is 0 Å². The average Bonchev–Trinajstić information content (AvgIpc) is 3.43. The number of aromatic nitrogens is 4. The van der Waals surface area contributed by atoms with Gasteiger partial charge in [0.15, 0.2) is 0 Å². The molecule has 13 nitrogen and oxygen atoms in total. The third kappa shape index (κ3) is 6.87. The summed E-state index contributed by atoms with van der Waals surface area (Å²) in [6.07, 6.45) is 0.862. The largest absolute Gasteiger partial charge is 0.487 e. The third-order valence-corrected chi connectivity index (χ3v) is 6.47. The summed E-state index contributed by atoms with van der Waals surface area (Å²) in [7, 11) is 1.68. The molecule has 0 saturated heterocycles. The maximum absolute atomic E-state index is 13.6. The molecule has 2 aromatic carbocycles. The number of anilines is 2. The van der Waals surface area contributed by atoms with Crippen LogP contribution in [-0.4, -0.2) is 91.8 Å². The van der Waals surface area contributed by atoms with E-state index in [0.717, 1.165) is 0 Å². The number of nitrogens with one attached hydrogen (secondary N) is 2. The van der Waals surface area contributed by atoms with E-state index in [4.69, 9.17) is 4.74 Å².